The summed E-state index contributed by atoms with van der Waals surface area (Å²) in [4.78, 5) is 27.1. The smallest absolute Gasteiger partial charge is 0.275 e. The number of nitrogens with one attached hydrogen (secondary N) is 1. The van der Waals surface area contributed by atoms with Gasteiger partial charge in [0.05, 0.1) is 27.4 Å². The maximum absolute atomic E-state index is 13.6. The Balaban J connectivity index is 2.64. The zero-order chi connectivity index (χ0) is 24.1. The number of nitriles is 1. The van der Waals surface area contributed by atoms with Crippen molar-refractivity contribution in [1.82, 2.24) is 10.4 Å². The SMILES string of the molecule is CCc1c(OC)cccc1C(=O)N(NC(C)(C)C#N)C(=O)c1cc(OC)c(C)c(OC)c1. The quantitative estimate of drug-likeness (QED) is 0.495. The van der Waals surface area contributed by atoms with Crippen LogP contribution in [0.2, 0.25) is 0 Å². The lowest BCUT2D eigenvalue weighted by molar-refractivity contribution is 0.0472. The standard InChI is InChI=1S/C24H29N3O5/c1-8-17-18(10-9-11-19(17)30-5)23(29)27(26-24(3,4)14-25)22(28)16-12-20(31-6)15(2)21(13-16)32-7/h9-13,26H,8H2,1-7H3. The molecular weight excluding hydrogens is 410 g/mol. The monoisotopic (exact) mass is 439 g/mol. The normalized spacial score (nSPS) is 10.8. The molecule has 170 valence electrons. The van der Waals surface area contributed by atoms with Gasteiger partial charge in [-0.25, -0.2) is 10.4 Å². The van der Waals surface area contributed by atoms with Crippen molar-refractivity contribution in [3.63, 3.8) is 0 Å². The van der Waals surface area contributed by atoms with Crippen molar-refractivity contribution < 1.29 is 23.8 Å². The van der Waals surface area contributed by atoms with E-state index in [1.165, 1.54) is 33.5 Å². The van der Waals surface area contributed by atoms with Crippen LogP contribution in [0, 0.1) is 18.3 Å². The van der Waals surface area contributed by atoms with Gasteiger partial charge < -0.3 is 14.2 Å². The molecule has 0 aliphatic carbocycles. The Morgan fingerprint density at radius 2 is 1.59 bits per heavy atom. The second kappa shape index (κ2) is 10.2. The van der Waals surface area contributed by atoms with Crippen molar-refractivity contribution in [3.05, 3.63) is 52.6 Å². The minimum absolute atomic E-state index is 0.167. The summed E-state index contributed by atoms with van der Waals surface area (Å²) in [5, 5.41) is 10.4. The number of ether oxygens (including phenoxy) is 3. The van der Waals surface area contributed by atoms with Gasteiger partial charge in [0.25, 0.3) is 11.8 Å². The minimum atomic E-state index is -1.20. The van der Waals surface area contributed by atoms with Crippen molar-refractivity contribution >= 4 is 11.8 Å². The Morgan fingerprint density at radius 3 is 2.06 bits per heavy atom. The van der Waals surface area contributed by atoms with Crippen LogP contribution in [0.25, 0.3) is 0 Å². The van der Waals surface area contributed by atoms with Crippen LogP contribution in [-0.4, -0.2) is 43.7 Å². The molecule has 8 nitrogen and oxygen atoms in total. The van der Waals surface area contributed by atoms with Crippen molar-refractivity contribution in [2.45, 2.75) is 39.7 Å². The molecule has 0 fully saturated rings. The summed E-state index contributed by atoms with van der Waals surface area (Å²) < 4.78 is 16.1. The third-order valence-corrected chi connectivity index (χ3v) is 5.01. The lowest BCUT2D eigenvalue weighted by Crippen LogP contribution is -2.55. The van der Waals surface area contributed by atoms with Crippen LogP contribution in [0.3, 0.4) is 0 Å². The highest BCUT2D eigenvalue weighted by Crippen LogP contribution is 2.31. The third-order valence-electron chi connectivity index (χ3n) is 5.01. The lowest BCUT2D eigenvalue weighted by atomic mass is 10.0. The molecule has 2 aromatic carbocycles. The summed E-state index contributed by atoms with van der Waals surface area (Å²) in [5.41, 5.74) is 3.41. The number of carbonyl (C=O) groups is 2. The van der Waals surface area contributed by atoms with Gasteiger partial charge in [-0.1, -0.05) is 13.0 Å². The summed E-state index contributed by atoms with van der Waals surface area (Å²) in [6, 6.07) is 10.2. The molecule has 8 heteroatoms. The first-order valence-corrected chi connectivity index (χ1v) is 10.1. The van der Waals surface area contributed by atoms with E-state index in [0.29, 0.717) is 34.8 Å². The van der Waals surface area contributed by atoms with E-state index in [-0.39, 0.29) is 5.56 Å². The predicted molar refractivity (Wildman–Crippen MR) is 120 cm³/mol. The predicted octanol–water partition coefficient (Wildman–Crippen LogP) is 3.67. The number of rotatable bonds is 8. The van der Waals surface area contributed by atoms with Gasteiger partial charge in [0, 0.05) is 22.3 Å². The summed E-state index contributed by atoms with van der Waals surface area (Å²) in [6.45, 7) is 6.84. The molecule has 0 bridgehead atoms. The van der Waals surface area contributed by atoms with Crippen LogP contribution in [0.5, 0.6) is 17.2 Å². The van der Waals surface area contributed by atoms with Crippen LogP contribution in [-0.2, 0) is 6.42 Å². The third kappa shape index (κ3) is 5.01. The van der Waals surface area contributed by atoms with Gasteiger partial charge in [-0.15, -0.1) is 0 Å². The van der Waals surface area contributed by atoms with E-state index in [1.54, 1.807) is 39.0 Å². The number of carbonyl (C=O) groups excluding carboxylic acids is 2. The number of imide groups is 1. The largest absolute Gasteiger partial charge is 0.496 e. The number of hydrogen-bond acceptors (Lipinski definition) is 7. The van der Waals surface area contributed by atoms with Gasteiger partial charge in [-0.2, -0.15) is 5.26 Å². The first kappa shape index (κ1) is 24.7. The van der Waals surface area contributed by atoms with E-state index < -0.39 is 17.4 Å². The van der Waals surface area contributed by atoms with Crippen molar-refractivity contribution in [2.75, 3.05) is 21.3 Å². The van der Waals surface area contributed by atoms with E-state index in [9.17, 15) is 14.9 Å². The number of amides is 2. The molecule has 0 saturated carbocycles. The second-order valence-electron chi connectivity index (χ2n) is 7.64. The fraction of sp³-hybridized carbons (Fsp3) is 0.375. The molecule has 0 heterocycles. The average molecular weight is 440 g/mol. The van der Waals surface area contributed by atoms with Gasteiger partial charge >= 0.3 is 0 Å². The summed E-state index contributed by atoms with van der Waals surface area (Å²) in [7, 11) is 4.49. The highest BCUT2D eigenvalue weighted by molar-refractivity contribution is 6.11. The van der Waals surface area contributed by atoms with Gasteiger partial charge in [0.15, 0.2) is 0 Å². The average Bonchev–Trinajstić information content (AvgIpc) is 2.81. The summed E-state index contributed by atoms with van der Waals surface area (Å²) in [6.07, 6.45) is 0.515. The van der Waals surface area contributed by atoms with Crippen LogP contribution < -0.4 is 19.6 Å². The first-order chi connectivity index (χ1) is 15.1. The Hall–Kier alpha value is -3.57. The maximum atomic E-state index is 13.6. The van der Waals surface area contributed by atoms with E-state index in [2.05, 4.69) is 11.5 Å². The first-order valence-electron chi connectivity index (χ1n) is 10.1. The number of methoxy groups -OCH3 is 3. The van der Waals surface area contributed by atoms with Gasteiger partial charge in [-0.05, 0) is 51.5 Å². The highest BCUT2D eigenvalue weighted by Gasteiger charge is 2.32. The number of nitrogens with zero attached hydrogens (tertiary/aromatic N) is 2. The summed E-state index contributed by atoms with van der Waals surface area (Å²) >= 11 is 0. The molecule has 0 spiro atoms. The fourth-order valence-electron chi connectivity index (χ4n) is 3.28. The highest BCUT2D eigenvalue weighted by atomic mass is 16.5. The number of benzene rings is 2. The Labute approximate surface area is 188 Å². The molecule has 0 aromatic heterocycles. The van der Waals surface area contributed by atoms with Crippen LogP contribution in [0.4, 0.5) is 0 Å². The Bertz CT molecular complexity index is 1030. The zero-order valence-corrected chi connectivity index (χ0v) is 19.5. The number of hydrogen-bond donors (Lipinski definition) is 1. The van der Waals surface area contributed by atoms with Gasteiger partial charge in [0.1, 0.15) is 22.8 Å². The van der Waals surface area contributed by atoms with Crippen molar-refractivity contribution in [2.24, 2.45) is 0 Å². The molecule has 0 saturated heterocycles. The summed E-state index contributed by atoms with van der Waals surface area (Å²) in [5.74, 6) is 0.168. The molecule has 2 aromatic rings. The molecule has 0 unspecified atom stereocenters. The molecule has 0 aliphatic rings. The molecule has 1 N–H and O–H groups in total. The second-order valence-corrected chi connectivity index (χ2v) is 7.64. The van der Waals surface area contributed by atoms with Crippen molar-refractivity contribution in [3.8, 4) is 23.3 Å². The molecule has 2 rings (SSSR count). The maximum Gasteiger partial charge on any atom is 0.275 e. The molecule has 0 aliphatic heterocycles. The lowest BCUT2D eigenvalue weighted by Gasteiger charge is -2.29. The Kier molecular flexibility index (Phi) is 7.84. The fourth-order valence-corrected chi connectivity index (χ4v) is 3.28. The molecule has 2 amide bonds. The van der Waals surface area contributed by atoms with Crippen LogP contribution in [0.15, 0.2) is 30.3 Å². The molecular formula is C24H29N3O5. The Morgan fingerprint density at radius 1 is 1.03 bits per heavy atom. The van der Waals surface area contributed by atoms with E-state index >= 15 is 0 Å². The van der Waals surface area contributed by atoms with Crippen molar-refractivity contribution in [1.29, 1.82) is 5.26 Å². The molecule has 32 heavy (non-hydrogen) atoms. The van der Waals surface area contributed by atoms with Crippen LogP contribution in [0.1, 0.15) is 52.6 Å². The molecule has 0 atom stereocenters. The van der Waals surface area contributed by atoms with E-state index in [4.69, 9.17) is 14.2 Å². The van der Waals surface area contributed by atoms with Gasteiger partial charge in [0.2, 0.25) is 0 Å². The topological polar surface area (TPSA) is 101 Å². The molecule has 0 radical (unpaired) electrons. The van der Waals surface area contributed by atoms with Gasteiger partial charge in [-0.3, -0.25) is 9.59 Å². The number of hydrazine groups is 1. The van der Waals surface area contributed by atoms with E-state index in [0.717, 1.165) is 10.6 Å². The zero-order valence-electron chi connectivity index (χ0n) is 19.5. The van der Waals surface area contributed by atoms with E-state index in [1.807, 2.05) is 6.92 Å². The minimum Gasteiger partial charge on any atom is -0.496 e. The van der Waals surface area contributed by atoms with Crippen LogP contribution >= 0.6 is 0 Å².